The van der Waals surface area contributed by atoms with Gasteiger partial charge in [-0.2, -0.15) is 5.10 Å². The summed E-state index contributed by atoms with van der Waals surface area (Å²) in [6.45, 7) is 4.02. The number of benzene rings is 3. The van der Waals surface area contributed by atoms with Gasteiger partial charge in [0.15, 0.2) is 0 Å². The van der Waals surface area contributed by atoms with Crippen molar-refractivity contribution in [2.75, 3.05) is 12.4 Å². The molecule has 5 nitrogen and oxygen atoms in total. The quantitative estimate of drug-likeness (QED) is 0.398. The highest BCUT2D eigenvalue weighted by Crippen LogP contribution is 2.27. The van der Waals surface area contributed by atoms with Crippen molar-refractivity contribution in [2.24, 2.45) is 0 Å². The van der Waals surface area contributed by atoms with Crippen molar-refractivity contribution in [2.45, 2.75) is 13.8 Å². The smallest absolute Gasteiger partial charge is 0.248 e. The van der Waals surface area contributed by atoms with Crippen molar-refractivity contribution in [3.05, 3.63) is 102 Å². The van der Waals surface area contributed by atoms with Crippen molar-refractivity contribution < 1.29 is 9.53 Å². The molecule has 0 fully saturated rings. The van der Waals surface area contributed by atoms with Crippen molar-refractivity contribution >= 4 is 17.7 Å². The molecule has 32 heavy (non-hydrogen) atoms. The second-order valence-corrected chi connectivity index (χ2v) is 7.61. The van der Waals surface area contributed by atoms with Gasteiger partial charge in [0, 0.05) is 23.4 Å². The van der Waals surface area contributed by atoms with E-state index in [4.69, 9.17) is 9.84 Å². The van der Waals surface area contributed by atoms with Crippen LogP contribution in [0.25, 0.3) is 23.0 Å². The van der Waals surface area contributed by atoms with Crippen LogP contribution in [0.1, 0.15) is 16.7 Å². The van der Waals surface area contributed by atoms with Gasteiger partial charge in [-0.15, -0.1) is 0 Å². The van der Waals surface area contributed by atoms with Crippen LogP contribution in [0.4, 0.5) is 5.69 Å². The van der Waals surface area contributed by atoms with Crippen LogP contribution in [0, 0.1) is 13.8 Å². The molecule has 0 aliphatic heterocycles. The zero-order valence-electron chi connectivity index (χ0n) is 18.4. The largest absolute Gasteiger partial charge is 0.495 e. The molecule has 160 valence electrons. The molecule has 0 aliphatic rings. The zero-order valence-corrected chi connectivity index (χ0v) is 18.4. The number of methoxy groups -OCH3 is 1. The average molecular weight is 424 g/mol. The van der Waals surface area contributed by atoms with Crippen LogP contribution in [-0.4, -0.2) is 22.8 Å². The summed E-state index contributed by atoms with van der Waals surface area (Å²) < 4.78 is 7.18. The number of aryl methyl sites for hydroxylation is 2. The van der Waals surface area contributed by atoms with E-state index in [1.165, 1.54) is 11.6 Å². The average Bonchev–Trinajstić information content (AvgIpc) is 3.23. The first-order chi connectivity index (χ1) is 15.5. The van der Waals surface area contributed by atoms with E-state index in [0.717, 1.165) is 28.1 Å². The molecule has 5 heteroatoms. The number of rotatable bonds is 6. The lowest BCUT2D eigenvalue weighted by molar-refractivity contribution is -0.111. The SMILES string of the molecule is COc1ccc(C)cc1NC(=O)/C=C/c1cn(-c2ccccc2)nc1-c1ccc(C)cc1. The van der Waals surface area contributed by atoms with Crippen LogP contribution in [0.5, 0.6) is 5.75 Å². The molecule has 4 aromatic rings. The third-order valence-electron chi connectivity index (χ3n) is 5.12. The molecule has 1 N–H and O–H groups in total. The van der Waals surface area contributed by atoms with Gasteiger partial charge in [0.25, 0.3) is 0 Å². The topological polar surface area (TPSA) is 56.1 Å². The van der Waals surface area contributed by atoms with Gasteiger partial charge in [-0.3, -0.25) is 4.79 Å². The number of hydrogen-bond acceptors (Lipinski definition) is 3. The molecule has 1 heterocycles. The summed E-state index contributed by atoms with van der Waals surface area (Å²) in [7, 11) is 1.59. The van der Waals surface area contributed by atoms with Crippen LogP contribution >= 0.6 is 0 Å². The Bertz CT molecular complexity index is 1260. The lowest BCUT2D eigenvalue weighted by Gasteiger charge is -2.09. The molecular formula is C27H25N3O2. The Hall–Kier alpha value is -4.12. The number of anilines is 1. The highest BCUT2D eigenvalue weighted by atomic mass is 16.5. The Kier molecular flexibility index (Phi) is 6.17. The molecule has 1 aromatic heterocycles. The van der Waals surface area contributed by atoms with Gasteiger partial charge >= 0.3 is 0 Å². The number of amides is 1. The first-order valence-corrected chi connectivity index (χ1v) is 10.4. The highest BCUT2D eigenvalue weighted by Gasteiger charge is 2.11. The van der Waals surface area contributed by atoms with Gasteiger partial charge in [-0.05, 0) is 49.8 Å². The van der Waals surface area contributed by atoms with Gasteiger partial charge in [0.1, 0.15) is 5.75 Å². The van der Waals surface area contributed by atoms with Crippen LogP contribution in [0.2, 0.25) is 0 Å². The molecule has 3 aromatic carbocycles. The van der Waals surface area contributed by atoms with E-state index < -0.39 is 0 Å². The van der Waals surface area contributed by atoms with E-state index in [1.54, 1.807) is 13.2 Å². The van der Waals surface area contributed by atoms with Crippen molar-refractivity contribution in [1.29, 1.82) is 0 Å². The maximum atomic E-state index is 12.7. The molecular weight excluding hydrogens is 398 g/mol. The number of nitrogens with zero attached hydrogens (tertiary/aromatic N) is 2. The van der Waals surface area contributed by atoms with Gasteiger partial charge in [-0.25, -0.2) is 4.68 Å². The van der Waals surface area contributed by atoms with E-state index in [2.05, 4.69) is 24.4 Å². The van der Waals surface area contributed by atoms with Crippen molar-refractivity contribution in [3.8, 4) is 22.7 Å². The second kappa shape index (κ2) is 9.35. The Labute approximate surface area is 188 Å². The molecule has 0 saturated heterocycles. The standard InChI is InChI=1S/C27H25N3O2/c1-19-9-12-21(13-10-19)27-22(18-30(29-27)23-7-5-4-6-8-23)14-16-26(31)28-24-17-20(2)11-15-25(24)32-3/h4-18H,1-3H3,(H,28,31)/b16-14+. The third-order valence-corrected chi connectivity index (χ3v) is 5.12. The Morgan fingerprint density at radius 1 is 0.969 bits per heavy atom. The fourth-order valence-electron chi connectivity index (χ4n) is 3.42. The number of aromatic nitrogens is 2. The van der Waals surface area contributed by atoms with E-state index in [-0.39, 0.29) is 5.91 Å². The van der Waals surface area contributed by atoms with Gasteiger partial charge < -0.3 is 10.1 Å². The summed E-state index contributed by atoms with van der Waals surface area (Å²) >= 11 is 0. The predicted octanol–water partition coefficient (Wildman–Crippen LogP) is 5.82. The minimum Gasteiger partial charge on any atom is -0.495 e. The van der Waals surface area contributed by atoms with Crippen LogP contribution in [-0.2, 0) is 4.79 Å². The number of nitrogens with one attached hydrogen (secondary N) is 1. The Morgan fingerprint density at radius 3 is 2.41 bits per heavy atom. The van der Waals surface area contributed by atoms with Gasteiger partial charge in [0.05, 0.1) is 24.2 Å². The Balaban J connectivity index is 1.65. The molecule has 0 unspecified atom stereocenters. The first kappa shape index (κ1) is 21.1. The summed E-state index contributed by atoms with van der Waals surface area (Å²) in [4.78, 5) is 12.7. The van der Waals surface area contributed by atoms with Crippen LogP contribution in [0.15, 0.2) is 85.1 Å². The summed E-state index contributed by atoms with van der Waals surface area (Å²) in [5.74, 6) is 0.380. The van der Waals surface area contributed by atoms with Gasteiger partial charge in [-0.1, -0.05) is 54.1 Å². The second-order valence-electron chi connectivity index (χ2n) is 7.61. The van der Waals surface area contributed by atoms with Gasteiger partial charge in [0.2, 0.25) is 5.91 Å². The first-order valence-electron chi connectivity index (χ1n) is 10.4. The van der Waals surface area contributed by atoms with E-state index in [9.17, 15) is 4.79 Å². The molecule has 0 radical (unpaired) electrons. The molecule has 0 bridgehead atoms. The molecule has 4 rings (SSSR count). The van der Waals surface area contributed by atoms with E-state index in [1.807, 2.05) is 78.5 Å². The lowest BCUT2D eigenvalue weighted by atomic mass is 10.1. The maximum absolute atomic E-state index is 12.7. The zero-order chi connectivity index (χ0) is 22.5. The van der Waals surface area contributed by atoms with Crippen molar-refractivity contribution in [1.82, 2.24) is 9.78 Å². The van der Waals surface area contributed by atoms with Crippen LogP contribution in [0.3, 0.4) is 0 Å². The number of para-hydroxylation sites is 1. The van der Waals surface area contributed by atoms with E-state index in [0.29, 0.717) is 11.4 Å². The summed E-state index contributed by atoms with van der Waals surface area (Å²) in [6, 6.07) is 23.8. The lowest BCUT2D eigenvalue weighted by Crippen LogP contribution is -2.09. The summed E-state index contributed by atoms with van der Waals surface area (Å²) in [5.41, 5.74) is 6.46. The third kappa shape index (κ3) is 4.78. The van der Waals surface area contributed by atoms with Crippen molar-refractivity contribution in [3.63, 3.8) is 0 Å². The van der Waals surface area contributed by atoms with E-state index >= 15 is 0 Å². The highest BCUT2D eigenvalue weighted by molar-refractivity contribution is 6.03. The minimum atomic E-state index is -0.240. The summed E-state index contributed by atoms with van der Waals surface area (Å²) in [5, 5.41) is 7.69. The maximum Gasteiger partial charge on any atom is 0.248 e. The molecule has 0 aliphatic carbocycles. The fraction of sp³-hybridized carbons (Fsp3) is 0.111. The Morgan fingerprint density at radius 2 is 1.69 bits per heavy atom. The number of carbonyl (C=O) groups excluding carboxylic acids is 1. The predicted molar refractivity (Wildman–Crippen MR) is 129 cm³/mol. The molecule has 0 spiro atoms. The molecule has 0 saturated carbocycles. The number of carbonyl (C=O) groups is 1. The number of hydrogen-bond donors (Lipinski definition) is 1. The normalized spacial score (nSPS) is 11.0. The summed E-state index contributed by atoms with van der Waals surface area (Å²) in [6.07, 6.45) is 5.24. The molecule has 1 amide bonds. The van der Waals surface area contributed by atoms with Crippen LogP contribution < -0.4 is 10.1 Å². The fourth-order valence-corrected chi connectivity index (χ4v) is 3.42. The molecule has 0 atom stereocenters. The number of ether oxygens (including phenoxy) is 1. The monoisotopic (exact) mass is 423 g/mol. The minimum absolute atomic E-state index is 0.240.